The number of halogens is 2. The van der Waals surface area contributed by atoms with Crippen LogP contribution in [-0.4, -0.2) is 57.1 Å². The summed E-state index contributed by atoms with van der Waals surface area (Å²) in [5.74, 6) is -1.11. The number of amides is 2. The van der Waals surface area contributed by atoms with Gasteiger partial charge in [-0.3, -0.25) is 13.9 Å². The molecule has 186 valence electrons. The van der Waals surface area contributed by atoms with Crippen LogP contribution in [0.4, 0.5) is 10.1 Å². The van der Waals surface area contributed by atoms with Gasteiger partial charge in [0.15, 0.2) is 0 Å². The monoisotopic (exact) mass is 513 g/mol. The molecule has 0 bridgehead atoms. The van der Waals surface area contributed by atoms with Gasteiger partial charge in [0.1, 0.15) is 24.2 Å². The van der Waals surface area contributed by atoms with E-state index in [-0.39, 0.29) is 23.3 Å². The van der Waals surface area contributed by atoms with Gasteiger partial charge in [-0.25, -0.2) is 12.8 Å². The summed E-state index contributed by atoms with van der Waals surface area (Å²) in [5.41, 5.74) is 0.750. The zero-order valence-corrected chi connectivity index (χ0v) is 21.3. The number of nitrogens with one attached hydrogen (secondary N) is 1. The van der Waals surface area contributed by atoms with E-state index in [0.717, 1.165) is 10.6 Å². The molecular formula is C23H29ClFN3O5S. The van der Waals surface area contributed by atoms with Gasteiger partial charge in [0.25, 0.3) is 0 Å². The number of ether oxygens (including phenoxy) is 1. The average Bonchev–Trinajstić information content (AvgIpc) is 2.75. The lowest BCUT2D eigenvalue weighted by molar-refractivity contribution is -0.139. The second-order valence-corrected chi connectivity index (χ2v) is 10.4. The minimum absolute atomic E-state index is 0.0211. The fourth-order valence-electron chi connectivity index (χ4n) is 3.20. The molecule has 34 heavy (non-hydrogen) atoms. The van der Waals surface area contributed by atoms with Gasteiger partial charge in [0, 0.05) is 12.6 Å². The van der Waals surface area contributed by atoms with Gasteiger partial charge in [-0.05, 0) is 56.7 Å². The van der Waals surface area contributed by atoms with E-state index in [4.69, 9.17) is 16.3 Å². The first-order valence-electron chi connectivity index (χ1n) is 10.5. The van der Waals surface area contributed by atoms with Gasteiger partial charge in [0.2, 0.25) is 21.8 Å². The summed E-state index contributed by atoms with van der Waals surface area (Å²) < 4.78 is 44.5. The quantitative estimate of drug-likeness (QED) is 0.526. The first-order valence-corrected chi connectivity index (χ1v) is 12.7. The van der Waals surface area contributed by atoms with E-state index >= 15 is 0 Å². The molecule has 0 aliphatic carbocycles. The van der Waals surface area contributed by atoms with E-state index in [1.807, 2.05) is 0 Å². The van der Waals surface area contributed by atoms with Crippen LogP contribution in [0.5, 0.6) is 5.75 Å². The van der Waals surface area contributed by atoms with Crippen molar-refractivity contribution in [2.24, 2.45) is 0 Å². The normalized spacial score (nSPS) is 12.2. The van der Waals surface area contributed by atoms with Crippen molar-refractivity contribution >= 4 is 39.1 Å². The number of anilines is 1. The van der Waals surface area contributed by atoms with E-state index in [1.165, 1.54) is 54.5 Å². The van der Waals surface area contributed by atoms with Crippen molar-refractivity contribution in [2.75, 3.05) is 24.2 Å². The fourth-order valence-corrected chi connectivity index (χ4v) is 4.29. The Bertz CT molecular complexity index is 1130. The molecule has 0 aliphatic rings. The minimum atomic E-state index is -3.89. The molecule has 0 radical (unpaired) electrons. The highest BCUT2D eigenvalue weighted by atomic mass is 35.5. The molecule has 0 heterocycles. The summed E-state index contributed by atoms with van der Waals surface area (Å²) in [6.07, 6.45) is 0.970. The Balaban J connectivity index is 2.40. The number of hydrogen-bond acceptors (Lipinski definition) is 5. The third-order valence-electron chi connectivity index (χ3n) is 4.97. The zero-order valence-electron chi connectivity index (χ0n) is 19.7. The number of nitrogens with zero attached hydrogens (tertiary/aromatic N) is 2. The Kier molecular flexibility index (Phi) is 9.29. The lowest BCUT2D eigenvalue weighted by Crippen LogP contribution is -2.52. The highest BCUT2D eigenvalue weighted by Gasteiger charge is 2.30. The van der Waals surface area contributed by atoms with Gasteiger partial charge in [-0.2, -0.15) is 0 Å². The summed E-state index contributed by atoms with van der Waals surface area (Å²) in [6.45, 7) is 4.54. The second-order valence-electron chi connectivity index (χ2n) is 8.08. The number of benzene rings is 2. The van der Waals surface area contributed by atoms with Crippen molar-refractivity contribution in [3.8, 4) is 5.75 Å². The summed E-state index contributed by atoms with van der Waals surface area (Å²) in [6, 6.07) is 8.77. The molecule has 2 aromatic carbocycles. The maximum atomic E-state index is 13.4. The molecule has 0 saturated carbocycles. The Labute approximate surface area is 204 Å². The van der Waals surface area contributed by atoms with Gasteiger partial charge >= 0.3 is 0 Å². The molecule has 0 saturated heterocycles. The Morgan fingerprint density at radius 3 is 2.24 bits per heavy atom. The molecule has 11 heteroatoms. The number of sulfonamides is 1. The molecule has 0 aliphatic heterocycles. The van der Waals surface area contributed by atoms with Crippen LogP contribution >= 0.6 is 11.6 Å². The predicted molar refractivity (Wildman–Crippen MR) is 130 cm³/mol. The van der Waals surface area contributed by atoms with Gasteiger partial charge in [-0.15, -0.1) is 0 Å². The molecule has 0 aromatic heterocycles. The van der Waals surface area contributed by atoms with Gasteiger partial charge in [0.05, 0.1) is 24.1 Å². The van der Waals surface area contributed by atoms with Crippen molar-refractivity contribution in [3.05, 3.63) is 58.9 Å². The van der Waals surface area contributed by atoms with Crippen LogP contribution in [0.1, 0.15) is 26.3 Å². The van der Waals surface area contributed by atoms with E-state index in [1.54, 1.807) is 20.8 Å². The van der Waals surface area contributed by atoms with Gasteiger partial charge < -0.3 is 15.0 Å². The van der Waals surface area contributed by atoms with E-state index in [2.05, 4.69) is 5.32 Å². The fraction of sp³-hybridized carbons (Fsp3) is 0.391. The number of methoxy groups -OCH3 is 1. The molecule has 1 N–H and O–H groups in total. The van der Waals surface area contributed by atoms with Crippen molar-refractivity contribution in [2.45, 2.75) is 39.4 Å². The van der Waals surface area contributed by atoms with Crippen LogP contribution in [0.2, 0.25) is 5.02 Å². The third-order valence-corrected chi connectivity index (χ3v) is 6.40. The molecular weight excluding hydrogens is 485 g/mol. The lowest BCUT2D eigenvalue weighted by Gasteiger charge is -2.32. The summed E-state index contributed by atoms with van der Waals surface area (Å²) >= 11 is 6.16. The molecule has 2 amide bonds. The van der Waals surface area contributed by atoms with Crippen LogP contribution < -0.4 is 14.4 Å². The second kappa shape index (κ2) is 11.5. The van der Waals surface area contributed by atoms with Crippen LogP contribution in [0.25, 0.3) is 0 Å². The van der Waals surface area contributed by atoms with Gasteiger partial charge in [-0.1, -0.05) is 23.7 Å². The maximum Gasteiger partial charge on any atom is 0.244 e. The maximum absolute atomic E-state index is 13.4. The molecule has 1 unspecified atom stereocenters. The highest BCUT2D eigenvalue weighted by molar-refractivity contribution is 7.92. The predicted octanol–water partition coefficient (Wildman–Crippen LogP) is 3.20. The van der Waals surface area contributed by atoms with Crippen molar-refractivity contribution < 1.29 is 27.1 Å². The topological polar surface area (TPSA) is 96.0 Å². The summed E-state index contributed by atoms with van der Waals surface area (Å²) in [7, 11) is -2.46. The molecule has 2 rings (SSSR count). The number of carbonyl (C=O) groups is 2. The third kappa shape index (κ3) is 7.33. The van der Waals surface area contributed by atoms with Crippen LogP contribution in [-0.2, 0) is 26.2 Å². The van der Waals surface area contributed by atoms with Crippen molar-refractivity contribution in [1.29, 1.82) is 0 Å². The lowest BCUT2D eigenvalue weighted by atomic mass is 10.1. The number of carbonyl (C=O) groups excluding carboxylic acids is 2. The van der Waals surface area contributed by atoms with Crippen molar-refractivity contribution in [1.82, 2.24) is 10.2 Å². The molecule has 1 atom stereocenters. The zero-order chi connectivity index (χ0) is 25.6. The molecule has 0 spiro atoms. The SMILES string of the molecule is COc1ccc(N(CC(=O)N(Cc2ccc(F)cc2)C(C)C(=O)NC(C)C)S(C)(=O)=O)cc1Cl. The Morgan fingerprint density at radius 2 is 1.74 bits per heavy atom. The van der Waals surface area contributed by atoms with E-state index in [0.29, 0.717) is 11.3 Å². The summed E-state index contributed by atoms with van der Waals surface area (Å²) in [5, 5.41) is 2.93. The molecule has 8 nitrogen and oxygen atoms in total. The van der Waals surface area contributed by atoms with Crippen LogP contribution in [0.3, 0.4) is 0 Å². The molecule has 2 aromatic rings. The Hall–Kier alpha value is -2.85. The first kappa shape index (κ1) is 27.4. The van der Waals surface area contributed by atoms with Crippen LogP contribution in [0, 0.1) is 5.82 Å². The van der Waals surface area contributed by atoms with Crippen LogP contribution in [0.15, 0.2) is 42.5 Å². The molecule has 0 fully saturated rings. The number of rotatable bonds is 10. The number of hydrogen-bond donors (Lipinski definition) is 1. The first-order chi connectivity index (χ1) is 15.8. The van der Waals surface area contributed by atoms with E-state index < -0.39 is 40.2 Å². The minimum Gasteiger partial charge on any atom is -0.495 e. The average molecular weight is 514 g/mol. The largest absolute Gasteiger partial charge is 0.495 e. The standard InChI is InChI=1S/C23H29ClFN3O5S/c1-15(2)26-23(30)16(3)27(13-17-6-8-18(25)9-7-17)22(29)14-28(34(5,31)32)19-10-11-21(33-4)20(24)12-19/h6-12,15-16H,13-14H2,1-5H3,(H,26,30). The smallest absolute Gasteiger partial charge is 0.244 e. The van der Waals surface area contributed by atoms with E-state index in [9.17, 15) is 22.4 Å². The summed E-state index contributed by atoms with van der Waals surface area (Å²) in [4.78, 5) is 27.3. The van der Waals surface area contributed by atoms with Crippen molar-refractivity contribution in [3.63, 3.8) is 0 Å². The Morgan fingerprint density at radius 1 is 1.12 bits per heavy atom. The highest BCUT2D eigenvalue weighted by Crippen LogP contribution is 2.30.